The summed E-state index contributed by atoms with van der Waals surface area (Å²) >= 11 is 0. The van der Waals surface area contributed by atoms with Gasteiger partial charge < -0.3 is 9.30 Å². The SMILES string of the molecule is COC(C(C)C)C(NN)c1nccn1C. The number of imidazole rings is 1. The van der Waals surface area contributed by atoms with E-state index < -0.39 is 0 Å². The molecule has 86 valence electrons. The summed E-state index contributed by atoms with van der Waals surface area (Å²) in [6.45, 7) is 4.20. The highest BCUT2D eigenvalue weighted by atomic mass is 16.5. The number of nitrogens with zero attached hydrogens (tertiary/aromatic N) is 2. The number of rotatable bonds is 5. The zero-order valence-corrected chi connectivity index (χ0v) is 9.77. The maximum absolute atomic E-state index is 5.56. The lowest BCUT2D eigenvalue weighted by Crippen LogP contribution is -2.41. The number of hydrazine groups is 1. The molecule has 0 fully saturated rings. The number of ether oxygens (including phenoxy) is 1. The highest BCUT2D eigenvalue weighted by Crippen LogP contribution is 2.21. The number of aromatic nitrogens is 2. The van der Waals surface area contributed by atoms with E-state index in [1.54, 1.807) is 13.3 Å². The Morgan fingerprint density at radius 2 is 2.20 bits per heavy atom. The highest BCUT2D eigenvalue weighted by molar-refractivity contribution is 5.01. The van der Waals surface area contributed by atoms with Crippen LogP contribution in [0.1, 0.15) is 25.7 Å². The first-order valence-electron chi connectivity index (χ1n) is 5.08. The lowest BCUT2D eigenvalue weighted by molar-refractivity contribution is 0.0294. The molecule has 0 aliphatic carbocycles. The fraction of sp³-hybridized carbons (Fsp3) is 0.700. The minimum Gasteiger partial charge on any atom is -0.379 e. The molecule has 1 heterocycles. The van der Waals surface area contributed by atoms with Gasteiger partial charge in [-0.2, -0.15) is 0 Å². The molecule has 0 bridgehead atoms. The standard InChI is InChI=1S/C10H20N4O/c1-7(2)9(15-4)8(13-11)10-12-5-6-14(10)3/h5-9,13H,11H2,1-4H3. The third-order valence-corrected chi connectivity index (χ3v) is 2.57. The van der Waals surface area contributed by atoms with Gasteiger partial charge in [0.2, 0.25) is 0 Å². The zero-order valence-electron chi connectivity index (χ0n) is 9.77. The quantitative estimate of drug-likeness (QED) is 0.554. The van der Waals surface area contributed by atoms with E-state index in [1.807, 2.05) is 17.8 Å². The lowest BCUT2D eigenvalue weighted by Gasteiger charge is -2.27. The van der Waals surface area contributed by atoms with Crippen molar-refractivity contribution in [1.29, 1.82) is 0 Å². The predicted octanol–water partition coefficient (Wildman–Crippen LogP) is 0.595. The second-order valence-corrected chi connectivity index (χ2v) is 3.99. The van der Waals surface area contributed by atoms with Gasteiger partial charge in [0.25, 0.3) is 0 Å². The first-order chi connectivity index (χ1) is 7.11. The van der Waals surface area contributed by atoms with Gasteiger partial charge in [0.1, 0.15) is 11.9 Å². The first kappa shape index (κ1) is 12.2. The first-order valence-corrected chi connectivity index (χ1v) is 5.08. The van der Waals surface area contributed by atoms with Gasteiger partial charge in [0.15, 0.2) is 0 Å². The van der Waals surface area contributed by atoms with E-state index in [1.165, 1.54) is 0 Å². The summed E-state index contributed by atoms with van der Waals surface area (Å²) in [6.07, 6.45) is 3.66. The smallest absolute Gasteiger partial charge is 0.129 e. The van der Waals surface area contributed by atoms with Crippen molar-refractivity contribution in [3.8, 4) is 0 Å². The monoisotopic (exact) mass is 212 g/mol. The van der Waals surface area contributed by atoms with Gasteiger partial charge in [-0.1, -0.05) is 13.8 Å². The van der Waals surface area contributed by atoms with Gasteiger partial charge in [-0.25, -0.2) is 10.4 Å². The summed E-state index contributed by atoms with van der Waals surface area (Å²) in [6, 6.07) is -0.0880. The number of aryl methyl sites for hydroxylation is 1. The molecule has 5 nitrogen and oxygen atoms in total. The van der Waals surface area contributed by atoms with Crippen LogP contribution >= 0.6 is 0 Å². The third kappa shape index (κ3) is 2.56. The van der Waals surface area contributed by atoms with E-state index in [0.717, 1.165) is 5.82 Å². The van der Waals surface area contributed by atoms with Crippen LogP contribution in [0.3, 0.4) is 0 Å². The van der Waals surface area contributed by atoms with Crippen LogP contribution < -0.4 is 11.3 Å². The molecule has 0 saturated carbocycles. The number of nitrogens with two attached hydrogens (primary N) is 1. The maximum Gasteiger partial charge on any atom is 0.129 e. The Morgan fingerprint density at radius 3 is 2.53 bits per heavy atom. The summed E-state index contributed by atoms with van der Waals surface area (Å²) in [5.74, 6) is 6.82. The van der Waals surface area contributed by atoms with Crippen molar-refractivity contribution >= 4 is 0 Å². The van der Waals surface area contributed by atoms with Crippen molar-refractivity contribution in [3.63, 3.8) is 0 Å². The van der Waals surface area contributed by atoms with Gasteiger partial charge in [0, 0.05) is 26.6 Å². The molecule has 2 unspecified atom stereocenters. The van der Waals surface area contributed by atoms with Crippen LogP contribution in [-0.2, 0) is 11.8 Å². The van der Waals surface area contributed by atoms with Crippen LogP contribution in [0.2, 0.25) is 0 Å². The number of hydrogen-bond acceptors (Lipinski definition) is 4. The van der Waals surface area contributed by atoms with Gasteiger partial charge in [-0.05, 0) is 5.92 Å². The Bertz CT molecular complexity index is 297. The molecule has 0 amide bonds. The fourth-order valence-electron chi connectivity index (χ4n) is 1.79. The lowest BCUT2D eigenvalue weighted by atomic mass is 9.99. The molecule has 3 N–H and O–H groups in total. The van der Waals surface area contributed by atoms with Crippen LogP contribution in [0, 0.1) is 5.92 Å². The largest absolute Gasteiger partial charge is 0.379 e. The van der Waals surface area contributed by atoms with Crippen molar-refractivity contribution < 1.29 is 4.74 Å². The van der Waals surface area contributed by atoms with Gasteiger partial charge in [-0.15, -0.1) is 0 Å². The predicted molar refractivity (Wildman–Crippen MR) is 58.9 cm³/mol. The maximum atomic E-state index is 5.56. The third-order valence-electron chi connectivity index (χ3n) is 2.57. The Hall–Kier alpha value is -0.910. The normalized spacial score (nSPS) is 15.6. The van der Waals surface area contributed by atoms with Crippen LogP contribution in [0.25, 0.3) is 0 Å². The number of methoxy groups -OCH3 is 1. The Kier molecular flexibility index (Phi) is 4.26. The molecule has 1 aromatic rings. The summed E-state index contributed by atoms with van der Waals surface area (Å²) in [5.41, 5.74) is 2.77. The topological polar surface area (TPSA) is 65.1 Å². The average molecular weight is 212 g/mol. The summed E-state index contributed by atoms with van der Waals surface area (Å²) in [4.78, 5) is 4.28. The number of hydrogen-bond donors (Lipinski definition) is 2. The highest BCUT2D eigenvalue weighted by Gasteiger charge is 2.27. The number of nitrogens with one attached hydrogen (secondary N) is 1. The molecule has 1 rings (SSSR count). The van der Waals surface area contributed by atoms with E-state index >= 15 is 0 Å². The van der Waals surface area contributed by atoms with Crippen LogP contribution in [0.15, 0.2) is 12.4 Å². The zero-order chi connectivity index (χ0) is 11.4. The molecule has 15 heavy (non-hydrogen) atoms. The molecular weight excluding hydrogens is 192 g/mol. The Balaban J connectivity index is 2.92. The van der Waals surface area contributed by atoms with E-state index in [2.05, 4.69) is 24.3 Å². The van der Waals surface area contributed by atoms with E-state index in [-0.39, 0.29) is 12.1 Å². The Labute approximate surface area is 90.6 Å². The average Bonchev–Trinajstić information content (AvgIpc) is 2.60. The molecular formula is C10H20N4O. The van der Waals surface area contributed by atoms with Crippen molar-refractivity contribution in [2.45, 2.75) is 26.0 Å². The summed E-state index contributed by atoms with van der Waals surface area (Å²) in [7, 11) is 3.64. The molecule has 5 heteroatoms. The van der Waals surface area contributed by atoms with Gasteiger partial charge in [-0.3, -0.25) is 5.84 Å². The van der Waals surface area contributed by atoms with Gasteiger partial charge in [0.05, 0.1) is 6.10 Å². The van der Waals surface area contributed by atoms with Crippen molar-refractivity contribution in [2.24, 2.45) is 18.8 Å². The Morgan fingerprint density at radius 1 is 1.53 bits per heavy atom. The van der Waals surface area contributed by atoms with E-state index in [0.29, 0.717) is 5.92 Å². The van der Waals surface area contributed by atoms with Crippen molar-refractivity contribution in [3.05, 3.63) is 18.2 Å². The summed E-state index contributed by atoms with van der Waals surface area (Å²) < 4.78 is 7.39. The molecule has 0 aromatic carbocycles. The summed E-state index contributed by atoms with van der Waals surface area (Å²) in [5, 5.41) is 0. The fourth-order valence-corrected chi connectivity index (χ4v) is 1.79. The second-order valence-electron chi connectivity index (χ2n) is 3.99. The minimum atomic E-state index is -0.0880. The molecule has 0 aliphatic heterocycles. The van der Waals surface area contributed by atoms with Gasteiger partial charge >= 0.3 is 0 Å². The van der Waals surface area contributed by atoms with E-state index in [4.69, 9.17) is 10.6 Å². The molecule has 0 radical (unpaired) electrons. The molecule has 0 saturated heterocycles. The second kappa shape index (κ2) is 5.25. The molecule has 2 atom stereocenters. The van der Waals surface area contributed by atoms with Crippen molar-refractivity contribution in [2.75, 3.05) is 7.11 Å². The van der Waals surface area contributed by atoms with Crippen LogP contribution in [-0.4, -0.2) is 22.8 Å². The minimum absolute atomic E-state index is 0.0103. The van der Waals surface area contributed by atoms with E-state index in [9.17, 15) is 0 Å². The van der Waals surface area contributed by atoms with Crippen LogP contribution in [0.5, 0.6) is 0 Å². The molecule has 0 spiro atoms. The van der Waals surface area contributed by atoms with Crippen molar-refractivity contribution in [1.82, 2.24) is 15.0 Å². The molecule has 1 aromatic heterocycles. The van der Waals surface area contributed by atoms with Crippen LogP contribution in [0.4, 0.5) is 0 Å². The molecule has 0 aliphatic rings.